The highest BCUT2D eigenvalue weighted by atomic mass is 16.5. The van der Waals surface area contributed by atoms with Crippen molar-refractivity contribution in [3.05, 3.63) is 35.4 Å². The summed E-state index contributed by atoms with van der Waals surface area (Å²) in [5.41, 5.74) is 1.14. The summed E-state index contributed by atoms with van der Waals surface area (Å²) >= 11 is 0. The number of phenols is 1. The van der Waals surface area contributed by atoms with Crippen molar-refractivity contribution in [2.75, 3.05) is 13.7 Å². The van der Waals surface area contributed by atoms with E-state index in [0.717, 1.165) is 12.8 Å². The lowest BCUT2D eigenvalue weighted by molar-refractivity contribution is -0.134. The Morgan fingerprint density at radius 3 is 2.90 bits per heavy atom. The van der Waals surface area contributed by atoms with E-state index in [2.05, 4.69) is 16.6 Å². The van der Waals surface area contributed by atoms with E-state index in [1.165, 1.54) is 25.3 Å². The van der Waals surface area contributed by atoms with Crippen LogP contribution >= 0.6 is 0 Å². The van der Waals surface area contributed by atoms with Gasteiger partial charge in [-0.3, -0.25) is 0 Å². The van der Waals surface area contributed by atoms with Crippen LogP contribution < -0.4 is 0 Å². The van der Waals surface area contributed by atoms with Crippen molar-refractivity contribution in [3.8, 4) is 17.6 Å². The van der Waals surface area contributed by atoms with Crippen molar-refractivity contribution >= 4 is 12.0 Å². The Morgan fingerprint density at radius 1 is 1.40 bits per heavy atom. The lowest BCUT2D eigenvalue weighted by atomic mass is 10.1. The molecule has 1 aromatic carbocycles. The molecule has 4 heteroatoms. The number of carbonyl (C=O) groups excluding carboxylic acids is 1. The Bertz CT molecular complexity index is 535. The third-order valence-electron chi connectivity index (χ3n) is 2.60. The van der Waals surface area contributed by atoms with Crippen molar-refractivity contribution in [2.24, 2.45) is 0 Å². The van der Waals surface area contributed by atoms with Gasteiger partial charge in [-0.15, -0.1) is 0 Å². The first-order valence-corrected chi connectivity index (χ1v) is 6.36. The number of aliphatic hydroxyl groups is 1. The summed E-state index contributed by atoms with van der Waals surface area (Å²) in [4.78, 5) is 11.1. The number of aromatic hydroxyl groups is 1. The average Bonchev–Trinajstić information content (AvgIpc) is 2.45. The van der Waals surface area contributed by atoms with Crippen LogP contribution in [0.25, 0.3) is 6.08 Å². The number of aliphatic hydroxyl groups excluding tert-OH is 1. The van der Waals surface area contributed by atoms with Crippen LogP contribution in [0.2, 0.25) is 0 Å². The van der Waals surface area contributed by atoms with Crippen molar-refractivity contribution in [1.29, 1.82) is 0 Å². The molecule has 0 radical (unpaired) electrons. The molecule has 0 amide bonds. The predicted molar refractivity (Wildman–Crippen MR) is 77.0 cm³/mol. The molecule has 0 atom stereocenters. The van der Waals surface area contributed by atoms with E-state index in [1.807, 2.05) is 0 Å². The molecule has 0 unspecified atom stereocenters. The highest BCUT2D eigenvalue weighted by molar-refractivity contribution is 5.88. The normalized spacial score (nSPS) is 10.1. The number of hydrogen-bond acceptors (Lipinski definition) is 4. The second kappa shape index (κ2) is 8.78. The lowest BCUT2D eigenvalue weighted by Gasteiger charge is -2.02. The van der Waals surface area contributed by atoms with Gasteiger partial charge >= 0.3 is 5.97 Å². The molecule has 2 N–H and O–H groups in total. The van der Waals surface area contributed by atoms with E-state index in [4.69, 9.17) is 5.11 Å². The van der Waals surface area contributed by atoms with Crippen LogP contribution in [-0.4, -0.2) is 29.9 Å². The van der Waals surface area contributed by atoms with Crippen LogP contribution in [0.1, 0.15) is 30.4 Å². The van der Waals surface area contributed by atoms with Gasteiger partial charge in [-0.25, -0.2) is 4.79 Å². The minimum absolute atomic E-state index is 0.0623. The zero-order valence-corrected chi connectivity index (χ0v) is 11.4. The number of benzene rings is 1. The van der Waals surface area contributed by atoms with Crippen molar-refractivity contribution < 1.29 is 19.7 Å². The van der Waals surface area contributed by atoms with E-state index in [9.17, 15) is 9.90 Å². The van der Waals surface area contributed by atoms with Crippen LogP contribution in [0.5, 0.6) is 5.75 Å². The van der Waals surface area contributed by atoms with Crippen molar-refractivity contribution in [1.82, 2.24) is 0 Å². The zero-order chi connectivity index (χ0) is 14.8. The summed E-state index contributed by atoms with van der Waals surface area (Å²) in [6.45, 7) is 0.168. The zero-order valence-electron chi connectivity index (χ0n) is 11.4. The standard InChI is InChI=1S/C16H18O4/c1-20-16(19)11-10-14-13(8-6-9-15(14)18)7-4-2-3-5-12-17/h6,8-11,17-18H,2-3,5,12H2,1H3/b11-10+. The number of hydrogen-bond donors (Lipinski definition) is 2. The molecule has 0 saturated heterocycles. The van der Waals surface area contributed by atoms with Gasteiger partial charge in [0.05, 0.1) is 7.11 Å². The molecule has 1 aromatic rings. The van der Waals surface area contributed by atoms with Crippen molar-refractivity contribution in [2.45, 2.75) is 19.3 Å². The molecule has 0 aliphatic carbocycles. The third kappa shape index (κ3) is 5.17. The number of unbranched alkanes of at least 4 members (excludes halogenated alkanes) is 2. The summed E-state index contributed by atoms with van der Waals surface area (Å²) in [5.74, 6) is 5.51. The van der Waals surface area contributed by atoms with Gasteiger partial charge in [-0.1, -0.05) is 17.9 Å². The Hall–Kier alpha value is -2.25. The largest absolute Gasteiger partial charge is 0.507 e. The molecule has 0 aliphatic heterocycles. The fourth-order valence-electron chi connectivity index (χ4n) is 1.54. The predicted octanol–water partition coefficient (Wildman–Crippen LogP) is 2.09. The maximum absolute atomic E-state index is 11.1. The average molecular weight is 274 g/mol. The quantitative estimate of drug-likeness (QED) is 0.373. The van der Waals surface area contributed by atoms with E-state index in [0.29, 0.717) is 17.5 Å². The van der Waals surface area contributed by atoms with E-state index in [1.54, 1.807) is 12.1 Å². The molecule has 4 nitrogen and oxygen atoms in total. The topological polar surface area (TPSA) is 66.8 Å². The van der Waals surface area contributed by atoms with E-state index < -0.39 is 5.97 Å². The van der Waals surface area contributed by atoms with Crippen LogP contribution in [-0.2, 0) is 9.53 Å². The second-order valence-corrected chi connectivity index (χ2v) is 4.08. The van der Waals surface area contributed by atoms with Gasteiger partial charge in [-0.2, -0.15) is 0 Å². The van der Waals surface area contributed by atoms with Gasteiger partial charge in [0.25, 0.3) is 0 Å². The Morgan fingerprint density at radius 2 is 2.20 bits per heavy atom. The number of ether oxygens (including phenoxy) is 1. The first-order chi connectivity index (χ1) is 9.69. The van der Waals surface area contributed by atoms with E-state index >= 15 is 0 Å². The second-order valence-electron chi connectivity index (χ2n) is 4.08. The number of carbonyl (C=O) groups is 1. The van der Waals surface area contributed by atoms with Gasteiger partial charge in [0.2, 0.25) is 0 Å². The Balaban J connectivity index is 2.88. The van der Waals surface area contributed by atoms with Crippen LogP contribution in [0.4, 0.5) is 0 Å². The molecule has 106 valence electrons. The number of esters is 1. The smallest absolute Gasteiger partial charge is 0.330 e. The molecular formula is C16H18O4. The van der Waals surface area contributed by atoms with Gasteiger partial charge in [0, 0.05) is 30.2 Å². The maximum Gasteiger partial charge on any atom is 0.330 e. The number of rotatable bonds is 5. The highest BCUT2D eigenvalue weighted by Gasteiger charge is 2.03. The summed E-state index contributed by atoms with van der Waals surface area (Å²) < 4.78 is 4.51. The minimum atomic E-state index is -0.491. The van der Waals surface area contributed by atoms with Crippen molar-refractivity contribution in [3.63, 3.8) is 0 Å². The Kier molecular flexibility index (Phi) is 6.94. The molecule has 0 fully saturated rings. The minimum Gasteiger partial charge on any atom is -0.507 e. The first kappa shape index (κ1) is 15.8. The Labute approximate surface area is 118 Å². The fraction of sp³-hybridized carbons (Fsp3) is 0.312. The molecule has 0 saturated carbocycles. The van der Waals surface area contributed by atoms with Crippen LogP contribution in [0, 0.1) is 11.8 Å². The summed E-state index contributed by atoms with van der Waals surface area (Å²) in [5, 5.41) is 18.5. The molecule has 20 heavy (non-hydrogen) atoms. The van der Waals surface area contributed by atoms with Gasteiger partial charge in [0.15, 0.2) is 0 Å². The first-order valence-electron chi connectivity index (χ1n) is 6.36. The summed E-state index contributed by atoms with van der Waals surface area (Å²) in [7, 11) is 1.29. The van der Waals surface area contributed by atoms with Gasteiger partial charge in [-0.05, 0) is 31.1 Å². The van der Waals surface area contributed by atoms with E-state index in [-0.39, 0.29) is 12.4 Å². The molecule has 1 rings (SSSR count). The van der Waals surface area contributed by atoms with Crippen LogP contribution in [0.3, 0.4) is 0 Å². The number of phenolic OH excluding ortho intramolecular Hbond substituents is 1. The SMILES string of the molecule is COC(=O)/C=C/c1c(O)cccc1C#CCCCCO. The summed E-state index contributed by atoms with van der Waals surface area (Å²) in [6.07, 6.45) is 4.96. The fourth-order valence-corrected chi connectivity index (χ4v) is 1.54. The number of methoxy groups -OCH3 is 1. The molecule has 0 spiro atoms. The molecule has 0 bridgehead atoms. The lowest BCUT2D eigenvalue weighted by Crippen LogP contribution is -1.94. The highest BCUT2D eigenvalue weighted by Crippen LogP contribution is 2.22. The van der Waals surface area contributed by atoms with Crippen LogP contribution in [0.15, 0.2) is 24.3 Å². The molecule has 0 aromatic heterocycles. The third-order valence-corrected chi connectivity index (χ3v) is 2.60. The van der Waals surface area contributed by atoms with Gasteiger partial charge in [0.1, 0.15) is 5.75 Å². The van der Waals surface area contributed by atoms with Gasteiger partial charge < -0.3 is 14.9 Å². The maximum atomic E-state index is 11.1. The molecule has 0 heterocycles. The monoisotopic (exact) mass is 274 g/mol. The summed E-state index contributed by atoms with van der Waals surface area (Å²) in [6, 6.07) is 5.01. The molecular weight excluding hydrogens is 256 g/mol. The molecule has 0 aliphatic rings.